The Morgan fingerprint density at radius 1 is 1.16 bits per heavy atom. The van der Waals surface area contributed by atoms with Gasteiger partial charge in [-0.05, 0) is 6.92 Å². The van der Waals surface area contributed by atoms with Crippen molar-refractivity contribution in [3.05, 3.63) is 46.5 Å². The van der Waals surface area contributed by atoms with Crippen LogP contribution in [0.1, 0.15) is 27.6 Å². The van der Waals surface area contributed by atoms with Gasteiger partial charge >= 0.3 is 0 Å². The maximum absolute atomic E-state index is 12.4. The molecule has 19 heavy (non-hydrogen) atoms. The van der Waals surface area contributed by atoms with E-state index in [1.807, 2.05) is 0 Å². The minimum Gasteiger partial charge on any atom is -0.324 e. The fourth-order valence-electron chi connectivity index (χ4n) is 2.18. The molecule has 0 saturated carbocycles. The average Bonchev–Trinajstić information content (AvgIpc) is 2.44. The maximum atomic E-state index is 12.4. The Morgan fingerprint density at radius 2 is 1.68 bits per heavy atom. The molecule has 0 heterocycles. The lowest BCUT2D eigenvalue weighted by atomic mass is 9.81. The highest BCUT2D eigenvalue weighted by molar-refractivity contribution is 6.28. The molecule has 5 heteroatoms. The van der Waals surface area contributed by atoms with Gasteiger partial charge in [0.1, 0.15) is 0 Å². The maximum Gasteiger partial charge on any atom is 0.192 e. The molecule has 0 radical (unpaired) electrons. The Labute approximate surface area is 110 Å². The molecule has 1 aliphatic carbocycles. The van der Waals surface area contributed by atoms with Crippen molar-refractivity contribution in [1.82, 2.24) is 0 Å². The number of nitrogens with two attached hydrogens (primary N) is 2. The van der Waals surface area contributed by atoms with Crippen LogP contribution in [-0.2, 0) is 4.79 Å². The first-order chi connectivity index (χ1) is 8.99. The van der Waals surface area contributed by atoms with Crippen LogP contribution in [0.2, 0.25) is 0 Å². The van der Waals surface area contributed by atoms with Gasteiger partial charge in [0.15, 0.2) is 17.3 Å². The van der Waals surface area contributed by atoms with Crippen molar-refractivity contribution in [3.8, 4) is 0 Å². The number of benzene rings is 1. The normalized spacial score (nSPS) is 16.4. The largest absolute Gasteiger partial charge is 0.324 e. The molecule has 0 aromatic heterocycles. The Hall–Kier alpha value is -2.11. The number of hydrogen-bond donors (Lipinski definition) is 2. The van der Waals surface area contributed by atoms with Crippen molar-refractivity contribution >= 4 is 17.3 Å². The third-order valence-electron chi connectivity index (χ3n) is 3.26. The third kappa shape index (κ3) is 2.03. The Kier molecular flexibility index (Phi) is 3.42. The third-order valence-corrected chi connectivity index (χ3v) is 3.26. The second-order valence-electron chi connectivity index (χ2n) is 4.39. The molecule has 2 rings (SSSR count). The average molecular weight is 258 g/mol. The van der Waals surface area contributed by atoms with Gasteiger partial charge in [-0.2, -0.15) is 0 Å². The number of allylic oxidation sites excluding steroid dienone is 1. The van der Waals surface area contributed by atoms with Crippen LogP contribution in [0.15, 0.2) is 35.4 Å². The Bertz CT molecular complexity index is 617. The fourth-order valence-corrected chi connectivity index (χ4v) is 2.18. The van der Waals surface area contributed by atoms with E-state index in [1.54, 1.807) is 24.3 Å². The zero-order valence-corrected chi connectivity index (χ0v) is 10.5. The molecule has 1 aromatic carbocycles. The quantitative estimate of drug-likeness (QED) is 0.808. The fraction of sp³-hybridized carbons (Fsp3) is 0.214. The predicted molar refractivity (Wildman–Crippen MR) is 69.8 cm³/mol. The molecule has 98 valence electrons. The zero-order chi connectivity index (χ0) is 14.2. The first kappa shape index (κ1) is 13.3. The molecule has 5 nitrogen and oxygen atoms in total. The lowest BCUT2D eigenvalue weighted by Crippen LogP contribution is -2.42. The van der Waals surface area contributed by atoms with Crippen LogP contribution in [0.25, 0.3) is 0 Å². The van der Waals surface area contributed by atoms with Gasteiger partial charge < -0.3 is 11.5 Å². The molecular weight excluding hydrogens is 244 g/mol. The summed E-state index contributed by atoms with van der Waals surface area (Å²) < 4.78 is 0. The minimum atomic E-state index is -1.14. The molecule has 0 fully saturated rings. The molecule has 4 N–H and O–H groups in total. The van der Waals surface area contributed by atoms with Gasteiger partial charge in [0, 0.05) is 22.3 Å². The first-order valence-corrected chi connectivity index (χ1v) is 5.86. The van der Waals surface area contributed by atoms with Crippen molar-refractivity contribution in [2.24, 2.45) is 11.5 Å². The SMILES string of the molecule is CC1=C(C(N)C(=O)CN)C(=O)c2ccccc2C1=O. The van der Waals surface area contributed by atoms with Crippen LogP contribution >= 0.6 is 0 Å². The predicted octanol–water partition coefficient (Wildman–Crippen LogP) is 0.237. The van der Waals surface area contributed by atoms with E-state index in [0.717, 1.165) is 0 Å². The molecule has 1 aromatic rings. The summed E-state index contributed by atoms with van der Waals surface area (Å²) >= 11 is 0. The number of carbonyl (C=O) groups is 3. The van der Waals surface area contributed by atoms with E-state index < -0.39 is 11.8 Å². The van der Waals surface area contributed by atoms with E-state index in [2.05, 4.69) is 0 Å². The summed E-state index contributed by atoms with van der Waals surface area (Å²) in [6.07, 6.45) is 0. The van der Waals surface area contributed by atoms with Crippen LogP contribution in [0.4, 0.5) is 0 Å². The number of rotatable bonds is 3. The monoisotopic (exact) mass is 258 g/mol. The van der Waals surface area contributed by atoms with Crippen molar-refractivity contribution in [2.45, 2.75) is 13.0 Å². The van der Waals surface area contributed by atoms with E-state index >= 15 is 0 Å². The van der Waals surface area contributed by atoms with Crippen LogP contribution in [-0.4, -0.2) is 29.9 Å². The van der Waals surface area contributed by atoms with Crippen LogP contribution in [0, 0.1) is 0 Å². The van der Waals surface area contributed by atoms with Gasteiger partial charge in [0.25, 0.3) is 0 Å². The van der Waals surface area contributed by atoms with Gasteiger partial charge in [-0.3, -0.25) is 14.4 Å². The van der Waals surface area contributed by atoms with E-state index in [9.17, 15) is 14.4 Å². The van der Waals surface area contributed by atoms with Crippen molar-refractivity contribution in [2.75, 3.05) is 6.54 Å². The van der Waals surface area contributed by atoms with Gasteiger partial charge in [-0.15, -0.1) is 0 Å². The van der Waals surface area contributed by atoms with Crippen LogP contribution < -0.4 is 11.5 Å². The molecule has 0 spiro atoms. The summed E-state index contributed by atoms with van der Waals surface area (Å²) in [5.74, 6) is -1.11. The molecule has 1 atom stereocenters. The molecule has 1 unspecified atom stereocenters. The summed E-state index contributed by atoms with van der Waals surface area (Å²) in [5.41, 5.74) is 11.9. The lowest BCUT2D eigenvalue weighted by Gasteiger charge is -2.22. The second-order valence-corrected chi connectivity index (χ2v) is 4.39. The molecule has 0 bridgehead atoms. The standard InChI is InChI=1S/C14H14N2O3/c1-7-11(12(16)10(17)6-15)14(19)9-5-3-2-4-8(9)13(7)18/h2-5,12H,6,15-16H2,1H3. The first-order valence-electron chi connectivity index (χ1n) is 5.86. The van der Waals surface area contributed by atoms with Crippen LogP contribution in [0.3, 0.4) is 0 Å². The zero-order valence-electron chi connectivity index (χ0n) is 10.5. The van der Waals surface area contributed by atoms with Crippen molar-refractivity contribution < 1.29 is 14.4 Å². The molecule has 0 saturated heterocycles. The summed E-state index contributed by atoms with van der Waals surface area (Å²) in [5, 5.41) is 0. The second kappa shape index (κ2) is 4.87. The number of hydrogen-bond acceptors (Lipinski definition) is 5. The number of Topliss-reactive ketones (excluding diaryl/α,β-unsaturated/α-hetero) is 3. The summed E-state index contributed by atoms with van der Waals surface area (Å²) in [4.78, 5) is 36.1. The smallest absolute Gasteiger partial charge is 0.192 e. The summed E-state index contributed by atoms with van der Waals surface area (Å²) in [7, 11) is 0. The molecular formula is C14H14N2O3. The highest BCUT2D eigenvalue weighted by Crippen LogP contribution is 2.27. The van der Waals surface area contributed by atoms with E-state index in [4.69, 9.17) is 11.5 Å². The molecule has 0 amide bonds. The van der Waals surface area contributed by atoms with Crippen molar-refractivity contribution in [3.63, 3.8) is 0 Å². The number of ketones is 3. The topological polar surface area (TPSA) is 103 Å². The van der Waals surface area contributed by atoms with Crippen LogP contribution in [0.5, 0.6) is 0 Å². The Morgan fingerprint density at radius 3 is 2.21 bits per heavy atom. The highest BCUT2D eigenvalue weighted by atomic mass is 16.1. The van der Waals surface area contributed by atoms with E-state index in [-0.39, 0.29) is 34.8 Å². The van der Waals surface area contributed by atoms with Gasteiger partial charge in [0.2, 0.25) is 0 Å². The van der Waals surface area contributed by atoms with Gasteiger partial charge in [-0.25, -0.2) is 0 Å². The highest BCUT2D eigenvalue weighted by Gasteiger charge is 2.34. The van der Waals surface area contributed by atoms with Gasteiger partial charge in [0.05, 0.1) is 12.6 Å². The van der Waals surface area contributed by atoms with Gasteiger partial charge in [-0.1, -0.05) is 24.3 Å². The molecule has 1 aliphatic rings. The van der Waals surface area contributed by atoms with E-state index in [0.29, 0.717) is 5.56 Å². The Balaban J connectivity index is 2.58. The summed E-state index contributed by atoms with van der Waals surface area (Å²) in [6, 6.07) is 5.36. The molecule has 0 aliphatic heterocycles. The minimum absolute atomic E-state index is 0.0548. The number of fused-ring (bicyclic) bond motifs is 1. The number of carbonyl (C=O) groups excluding carboxylic acids is 3. The lowest BCUT2D eigenvalue weighted by molar-refractivity contribution is -0.118. The van der Waals surface area contributed by atoms with Crippen molar-refractivity contribution in [1.29, 1.82) is 0 Å². The summed E-state index contributed by atoms with van der Waals surface area (Å²) in [6.45, 7) is 1.25. The van der Waals surface area contributed by atoms with E-state index in [1.165, 1.54) is 6.92 Å².